The highest BCUT2D eigenvalue weighted by atomic mass is 35.5. The third-order valence-corrected chi connectivity index (χ3v) is 5.04. The summed E-state index contributed by atoms with van der Waals surface area (Å²) in [6.07, 6.45) is 0. The molecule has 0 N–H and O–H groups in total. The molecule has 0 aliphatic carbocycles. The summed E-state index contributed by atoms with van der Waals surface area (Å²) < 4.78 is 30.7. The van der Waals surface area contributed by atoms with Crippen LogP contribution in [0.4, 0.5) is 5.69 Å². The van der Waals surface area contributed by atoms with E-state index in [0.29, 0.717) is 22.2 Å². The lowest BCUT2D eigenvalue weighted by molar-refractivity contribution is 0.388. The smallest absolute Gasteiger partial charge is 0.242 e. The van der Waals surface area contributed by atoms with E-state index in [1.54, 1.807) is 31.2 Å². The molecule has 0 bridgehead atoms. The van der Waals surface area contributed by atoms with Crippen LogP contribution in [0.3, 0.4) is 0 Å². The van der Waals surface area contributed by atoms with Gasteiger partial charge in [-0.15, -0.1) is 0 Å². The third-order valence-electron chi connectivity index (χ3n) is 2.94. The van der Waals surface area contributed by atoms with Crippen LogP contribution in [0.1, 0.15) is 17.0 Å². The van der Waals surface area contributed by atoms with Crippen LogP contribution < -0.4 is 4.31 Å². The quantitative estimate of drug-likeness (QED) is 0.870. The lowest BCUT2D eigenvalue weighted by atomic mass is 10.2. The molecule has 0 spiro atoms. The van der Waals surface area contributed by atoms with E-state index >= 15 is 0 Å². The van der Waals surface area contributed by atoms with Gasteiger partial charge in [-0.25, -0.2) is 8.42 Å². The molecule has 0 saturated carbocycles. The van der Waals surface area contributed by atoms with Crippen LogP contribution >= 0.6 is 11.6 Å². The van der Waals surface area contributed by atoms with Crippen molar-refractivity contribution in [3.05, 3.63) is 46.3 Å². The number of anilines is 1. The zero-order chi connectivity index (χ0) is 14.9. The highest BCUT2D eigenvalue weighted by Crippen LogP contribution is 2.25. The Hall–Kier alpha value is -1.53. The fraction of sp³-hybridized carbons (Fsp3) is 0.308. The first-order valence-electron chi connectivity index (χ1n) is 5.94. The number of halogens is 1. The van der Waals surface area contributed by atoms with Crippen LogP contribution in [-0.4, -0.2) is 20.6 Å². The van der Waals surface area contributed by atoms with Crippen molar-refractivity contribution < 1.29 is 12.9 Å². The van der Waals surface area contributed by atoms with Crippen molar-refractivity contribution in [3.8, 4) is 0 Å². The molecule has 0 aliphatic rings. The van der Waals surface area contributed by atoms with Gasteiger partial charge in [0.05, 0.1) is 11.4 Å². The second-order valence-electron chi connectivity index (χ2n) is 4.59. The van der Waals surface area contributed by atoms with E-state index in [9.17, 15) is 8.42 Å². The van der Waals surface area contributed by atoms with E-state index in [-0.39, 0.29) is 5.75 Å². The minimum atomic E-state index is -3.54. The molecule has 0 unspecified atom stereocenters. The largest absolute Gasteiger partial charge is 0.360 e. The van der Waals surface area contributed by atoms with E-state index in [4.69, 9.17) is 16.1 Å². The molecule has 0 radical (unpaired) electrons. The number of hydrogen-bond donors (Lipinski definition) is 0. The highest BCUT2D eigenvalue weighted by Gasteiger charge is 2.21. The topological polar surface area (TPSA) is 63.4 Å². The summed E-state index contributed by atoms with van der Waals surface area (Å²) >= 11 is 6.02. The molecule has 7 heteroatoms. The molecule has 1 aromatic carbocycles. The van der Waals surface area contributed by atoms with Crippen molar-refractivity contribution in [2.45, 2.75) is 19.6 Å². The number of hydrogen-bond acceptors (Lipinski definition) is 4. The highest BCUT2D eigenvalue weighted by molar-refractivity contribution is 7.92. The molecule has 0 aliphatic heterocycles. The Morgan fingerprint density at radius 2 is 2.00 bits per heavy atom. The molecule has 0 saturated heterocycles. The summed E-state index contributed by atoms with van der Waals surface area (Å²) in [4.78, 5) is 0. The van der Waals surface area contributed by atoms with Gasteiger partial charge in [0.25, 0.3) is 0 Å². The molecule has 2 aromatic rings. The van der Waals surface area contributed by atoms with Crippen molar-refractivity contribution in [3.63, 3.8) is 0 Å². The first kappa shape index (κ1) is 14.9. The van der Waals surface area contributed by atoms with Crippen LogP contribution in [0.5, 0.6) is 0 Å². The number of aryl methyl sites for hydroxylation is 2. The average molecular weight is 315 g/mol. The van der Waals surface area contributed by atoms with E-state index in [1.807, 2.05) is 6.92 Å². The third kappa shape index (κ3) is 3.13. The zero-order valence-corrected chi connectivity index (χ0v) is 13.0. The number of aromatic nitrogens is 1. The van der Waals surface area contributed by atoms with Crippen molar-refractivity contribution in [1.29, 1.82) is 0 Å². The first-order chi connectivity index (χ1) is 9.29. The van der Waals surface area contributed by atoms with Gasteiger partial charge in [-0.3, -0.25) is 4.31 Å². The summed E-state index contributed by atoms with van der Waals surface area (Å²) in [6, 6.07) is 6.72. The number of benzene rings is 1. The second kappa shape index (κ2) is 5.46. The SMILES string of the molecule is Cc1cc(CS(=O)(=O)N(C)c2ccc(C)c(Cl)c2)on1. The molecule has 108 valence electrons. The normalized spacial score (nSPS) is 11.6. The maximum absolute atomic E-state index is 12.3. The lowest BCUT2D eigenvalue weighted by Crippen LogP contribution is -2.27. The van der Waals surface area contributed by atoms with Crippen molar-refractivity contribution in [1.82, 2.24) is 5.16 Å². The van der Waals surface area contributed by atoms with E-state index in [1.165, 1.54) is 11.4 Å². The summed E-state index contributed by atoms with van der Waals surface area (Å²) in [7, 11) is -2.06. The predicted octanol–water partition coefficient (Wildman–Crippen LogP) is 2.91. The summed E-state index contributed by atoms with van der Waals surface area (Å²) in [6.45, 7) is 3.60. The Bertz CT molecular complexity index is 725. The van der Waals surface area contributed by atoms with Gasteiger partial charge < -0.3 is 4.52 Å². The van der Waals surface area contributed by atoms with Gasteiger partial charge in [-0.05, 0) is 31.5 Å². The molecule has 2 rings (SSSR count). The number of sulfonamides is 1. The molecular weight excluding hydrogens is 300 g/mol. The van der Waals surface area contributed by atoms with Crippen LogP contribution in [0.25, 0.3) is 0 Å². The second-order valence-corrected chi connectivity index (χ2v) is 7.00. The monoisotopic (exact) mass is 314 g/mol. The van der Waals surface area contributed by atoms with Gasteiger partial charge in [-0.1, -0.05) is 22.8 Å². The maximum Gasteiger partial charge on any atom is 0.242 e. The zero-order valence-electron chi connectivity index (χ0n) is 11.4. The van der Waals surface area contributed by atoms with Gasteiger partial charge in [-0.2, -0.15) is 0 Å². The fourth-order valence-electron chi connectivity index (χ4n) is 1.70. The first-order valence-corrected chi connectivity index (χ1v) is 7.93. The maximum atomic E-state index is 12.3. The van der Waals surface area contributed by atoms with Crippen LogP contribution in [0.15, 0.2) is 28.8 Å². The van der Waals surface area contributed by atoms with Gasteiger partial charge >= 0.3 is 0 Å². The van der Waals surface area contributed by atoms with Gasteiger partial charge in [0.2, 0.25) is 10.0 Å². The van der Waals surface area contributed by atoms with Gasteiger partial charge in [0, 0.05) is 18.1 Å². The van der Waals surface area contributed by atoms with Crippen molar-refractivity contribution in [2.75, 3.05) is 11.4 Å². The minimum absolute atomic E-state index is 0.240. The Morgan fingerprint density at radius 1 is 1.30 bits per heavy atom. The molecule has 5 nitrogen and oxygen atoms in total. The van der Waals surface area contributed by atoms with Crippen molar-refractivity contribution in [2.24, 2.45) is 0 Å². The van der Waals surface area contributed by atoms with E-state index in [0.717, 1.165) is 5.56 Å². The number of nitrogens with zero attached hydrogens (tertiary/aromatic N) is 2. The Balaban J connectivity index is 2.26. The van der Waals surface area contributed by atoms with Crippen LogP contribution in [0.2, 0.25) is 5.02 Å². The van der Waals surface area contributed by atoms with E-state index < -0.39 is 10.0 Å². The molecular formula is C13H15ClN2O3S. The molecule has 0 fully saturated rings. The van der Waals surface area contributed by atoms with Crippen LogP contribution in [-0.2, 0) is 15.8 Å². The molecule has 0 atom stereocenters. The van der Waals surface area contributed by atoms with Gasteiger partial charge in [0.15, 0.2) is 5.76 Å². The molecule has 20 heavy (non-hydrogen) atoms. The molecule has 0 amide bonds. The van der Waals surface area contributed by atoms with E-state index in [2.05, 4.69) is 5.16 Å². The summed E-state index contributed by atoms with van der Waals surface area (Å²) in [5.41, 5.74) is 2.06. The minimum Gasteiger partial charge on any atom is -0.360 e. The van der Waals surface area contributed by atoms with Crippen LogP contribution in [0, 0.1) is 13.8 Å². The van der Waals surface area contributed by atoms with Gasteiger partial charge in [0.1, 0.15) is 5.75 Å². The molecule has 1 heterocycles. The summed E-state index contributed by atoms with van der Waals surface area (Å²) in [5, 5.41) is 4.21. The predicted molar refractivity (Wildman–Crippen MR) is 78.5 cm³/mol. The average Bonchev–Trinajstić information content (AvgIpc) is 2.76. The molecule has 1 aromatic heterocycles. The Labute approximate surface area is 123 Å². The standard InChI is InChI=1S/C13H15ClN2O3S/c1-9-4-5-11(7-13(9)14)16(3)20(17,18)8-12-6-10(2)15-19-12/h4-7H,8H2,1-3H3. The Kier molecular flexibility index (Phi) is 4.06. The fourth-order valence-corrected chi connectivity index (χ4v) is 3.00. The van der Waals surface area contributed by atoms with Crippen molar-refractivity contribution >= 4 is 27.3 Å². The number of rotatable bonds is 4. The summed E-state index contributed by atoms with van der Waals surface area (Å²) in [5.74, 6) is 0.0723. The lowest BCUT2D eigenvalue weighted by Gasteiger charge is -2.19. The Morgan fingerprint density at radius 3 is 2.55 bits per heavy atom.